The van der Waals surface area contributed by atoms with Crippen LogP contribution in [0.2, 0.25) is 5.15 Å². The zero-order chi connectivity index (χ0) is 12.3. The van der Waals surface area contributed by atoms with Crippen LogP contribution >= 0.6 is 27.5 Å². The van der Waals surface area contributed by atoms with E-state index < -0.39 is 0 Å². The molecule has 0 aliphatic heterocycles. The summed E-state index contributed by atoms with van der Waals surface area (Å²) in [5.74, 6) is -0.0241. The van der Waals surface area contributed by atoms with Gasteiger partial charge in [0.15, 0.2) is 5.78 Å². The highest BCUT2D eigenvalue weighted by atomic mass is 79.9. The molecule has 2 aromatic rings. The summed E-state index contributed by atoms with van der Waals surface area (Å²) in [6.45, 7) is 0. The molecule has 0 N–H and O–H groups in total. The summed E-state index contributed by atoms with van der Waals surface area (Å²) in [6.07, 6.45) is 3.41. The Balaban J connectivity index is 2.11. The lowest BCUT2D eigenvalue weighted by Gasteiger charge is -2.01. The van der Waals surface area contributed by atoms with Gasteiger partial charge in [-0.05, 0) is 40.2 Å². The molecule has 0 bridgehead atoms. The maximum absolute atomic E-state index is 11.9. The lowest BCUT2D eigenvalue weighted by molar-refractivity contribution is 0.0991. The third-order valence-electron chi connectivity index (χ3n) is 2.18. The molecule has 5 heteroatoms. The predicted molar refractivity (Wildman–Crippen MR) is 69.2 cm³/mol. The van der Waals surface area contributed by atoms with E-state index in [0.717, 1.165) is 10.2 Å². The zero-order valence-corrected chi connectivity index (χ0v) is 11.1. The maximum atomic E-state index is 11.9. The highest BCUT2D eigenvalue weighted by Gasteiger charge is 2.08. The van der Waals surface area contributed by atoms with Gasteiger partial charge in [-0.25, -0.2) is 4.98 Å². The van der Waals surface area contributed by atoms with Crippen LogP contribution in [-0.2, 0) is 6.42 Å². The summed E-state index contributed by atoms with van der Waals surface area (Å²) in [5, 5.41) is 0.378. The van der Waals surface area contributed by atoms with Gasteiger partial charge in [0, 0.05) is 28.1 Å². The van der Waals surface area contributed by atoms with Gasteiger partial charge in [-0.1, -0.05) is 11.6 Å². The number of rotatable bonds is 3. The Morgan fingerprint density at radius 3 is 2.59 bits per heavy atom. The highest BCUT2D eigenvalue weighted by Crippen LogP contribution is 2.11. The van der Waals surface area contributed by atoms with Crippen molar-refractivity contribution in [2.75, 3.05) is 0 Å². The first kappa shape index (κ1) is 12.2. The topological polar surface area (TPSA) is 42.9 Å². The van der Waals surface area contributed by atoms with Gasteiger partial charge in [0.05, 0.1) is 6.42 Å². The van der Waals surface area contributed by atoms with E-state index in [2.05, 4.69) is 25.9 Å². The summed E-state index contributed by atoms with van der Waals surface area (Å²) in [6, 6.07) is 6.93. The van der Waals surface area contributed by atoms with Crippen LogP contribution in [0.25, 0.3) is 0 Å². The molecule has 0 unspecified atom stereocenters. The molecule has 2 aromatic heterocycles. The molecule has 2 rings (SSSR count). The first-order chi connectivity index (χ1) is 8.15. The zero-order valence-electron chi connectivity index (χ0n) is 8.73. The van der Waals surface area contributed by atoms with Gasteiger partial charge in [0.2, 0.25) is 0 Å². The van der Waals surface area contributed by atoms with Crippen molar-refractivity contribution in [1.29, 1.82) is 0 Å². The largest absolute Gasteiger partial charge is 0.294 e. The van der Waals surface area contributed by atoms with Crippen molar-refractivity contribution in [3.05, 3.63) is 57.5 Å². The van der Waals surface area contributed by atoms with Crippen LogP contribution in [-0.4, -0.2) is 15.8 Å². The number of pyridine rings is 2. The molecule has 0 aliphatic carbocycles. The van der Waals surface area contributed by atoms with Crippen molar-refractivity contribution in [3.63, 3.8) is 0 Å². The van der Waals surface area contributed by atoms with Gasteiger partial charge in [-0.2, -0.15) is 0 Å². The summed E-state index contributed by atoms with van der Waals surface area (Å²) in [5.41, 5.74) is 1.27. The van der Waals surface area contributed by atoms with Crippen LogP contribution in [0.3, 0.4) is 0 Å². The molecule has 0 saturated carbocycles. The Morgan fingerprint density at radius 1 is 1.18 bits per heavy atom. The third-order valence-corrected chi connectivity index (χ3v) is 2.87. The van der Waals surface area contributed by atoms with E-state index in [1.165, 1.54) is 6.20 Å². The van der Waals surface area contributed by atoms with E-state index in [0.29, 0.717) is 10.7 Å². The molecular weight excluding hydrogens is 304 g/mol. The van der Waals surface area contributed by atoms with E-state index in [4.69, 9.17) is 11.6 Å². The van der Waals surface area contributed by atoms with E-state index >= 15 is 0 Å². The number of nitrogens with zero attached hydrogens (tertiary/aromatic N) is 2. The number of carbonyl (C=O) groups excluding carboxylic acids is 1. The van der Waals surface area contributed by atoms with E-state index in [9.17, 15) is 4.79 Å². The van der Waals surface area contributed by atoms with E-state index in [-0.39, 0.29) is 12.2 Å². The Bertz CT molecular complexity index is 525. The van der Waals surface area contributed by atoms with Crippen molar-refractivity contribution in [3.8, 4) is 0 Å². The average molecular weight is 312 g/mol. The number of carbonyl (C=O) groups is 1. The number of ketones is 1. The van der Waals surface area contributed by atoms with Crippen molar-refractivity contribution in [2.45, 2.75) is 6.42 Å². The first-order valence-corrected chi connectivity index (χ1v) is 6.07. The number of hydrogen-bond donors (Lipinski definition) is 0. The monoisotopic (exact) mass is 310 g/mol. The van der Waals surface area contributed by atoms with Crippen LogP contribution < -0.4 is 0 Å². The molecule has 0 spiro atoms. The SMILES string of the molecule is O=C(Cc1ccc(Br)cn1)c1ccc(Cl)nc1. The summed E-state index contributed by atoms with van der Waals surface area (Å²) in [7, 11) is 0. The minimum absolute atomic E-state index is 0.0241. The molecular formula is C12H8BrClN2O. The second-order valence-electron chi connectivity index (χ2n) is 3.44. The smallest absolute Gasteiger partial charge is 0.170 e. The van der Waals surface area contributed by atoms with Gasteiger partial charge in [0.25, 0.3) is 0 Å². The highest BCUT2D eigenvalue weighted by molar-refractivity contribution is 9.10. The molecule has 3 nitrogen and oxygen atoms in total. The van der Waals surface area contributed by atoms with Crippen LogP contribution in [0.15, 0.2) is 41.1 Å². The van der Waals surface area contributed by atoms with Gasteiger partial charge in [-0.3, -0.25) is 9.78 Å². The summed E-state index contributed by atoms with van der Waals surface area (Å²) >= 11 is 8.95. The van der Waals surface area contributed by atoms with Crippen molar-refractivity contribution in [1.82, 2.24) is 9.97 Å². The Hall–Kier alpha value is -1.26. The Morgan fingerprint density at radius 2 is 2.00 bits per heavy atom. The molecule has 0 fully saturated rings. The van der Waals surface area contributed by atoms with Crippen molar-refractivity contribution < 1.29 is 4.79 Å². The van der Waals surface area contributed by atoms with Gasteiger partial charge in [0.1, 0.15) is 5.15 Å². The molecule has 17 heavy (non-hydrogen) atoms. The van der Waals surface area contributed by atoms with Crippen LogP contribution in [0.5, 0.6) is 0 Å². The molecule has 0 aliphatic rings. The lowest BCUT2D eigenvalue weighted by Crippen LogP contribution is -2.05. The van der Waals surface area contributed by atoms with Crippen LogP contribution in [0.1, 0.15) is 16.1 Å². The number of aromatic nitrogens is 2. The Labute approximate surface area is 112 Å². The van der Waals surface area contributed by atoms with Gasteiger partial charge in [-0.15, -0.1) is 0 Å². The molecule has 2 heterocycles. The van der Waals surface area contributed by atoms with Crippen molar-refractivity contribution in [2.24, 2.45) is 0 Å². The normalized spacial score (nSPS) is 10.2. The standard InChI is InChI=1S/C12H8BrClN2O/c13-9-2-3-10(15-7-9)5-11(17)8-1-4-12(14)16-6-8/h1-4,6-7H,5H2. The first-order valence-electron chi connectivity index (χ1n) is 4.90. The van der Waals surface area contributed by atoms with E-state index in [1.807, 2.05) is 12.1 Å². The second kappa shape index (κ2) is 5.38. The minimum Gasteiger partial charge on any atom is -0.294 e. The minimum atomic E-state index is -0.0241. The Kier molecular flexibility index (Phi) is 3.86. The predicted octanol–water partition coefficient (Wildman–Crippen LogP) is 3.32. The average Bonchev–Trinajstić information content (AvgIpc) is 2.33. The van der Waals surface area contributed by atoms with Crippen molar-refractivity contribution >= 4 is 33.3 Å². The number of hydrogen-bond acceptors (Lipinski definition) is 3. The molecule has 0 radical (unpaired) electrons. The summed E-state index contributed by atoms with van der Waals surface area (Å²) < 4.78 is 0.891. The van der Waals surface area contributed by atoms with Gasteiger partial charge < -0.3 is 0 Å². The molecule has 0 aromatic carbocycles. The molecule has 86 valence electrons. The fourth-order valence-corrected chi connectivity index (χ4v) is 1.66. The molecule has 0 atom stereocenters. The van der Waals surface area contributed by atoms with E-state index in [1.54, 1.807) is 18.3 Å². The lowest BCUT2D eigenvalue weighted by atomic mass is 10.1. The summed E-state index contributed by atoms with van der Waals surface area (Å²) in [4.78, 5) is 19.9. The number of Topliss-reactive ketones (excluding diaryl/α,β-unsaturated/α-hetero) is 1. The molecule has 0 amide bonds. The second-order valence-corrected chi connectivity index (χ2v) is 4.74. The van der Waals surface area contributed by atoms with Gasteiger partial charge >= 0.3 is 0 Å². The third kappa shape index (κ3) is 3.35. The number of halogens is 2. The fourth-order valence-electron chi connectivity index (χ4n) is 1.32. The maximum Gasteiger partial charge on any atom is 0.170 e. The quantitative estimate of drug-likeness (QED) is 0.645. The van der Waals surface area contributed by atoms with Crippen LogP contribution in [0, 0.1) is 0 Å². The van der Waals surface area contributed by atoms with Crippen LogP contribution in [0.4, 0.5) is 0 Å². The molecule has 0 saturated heterocycles. The fraction of sp³-hybridized carbons (Fsp3) is 0.0833.